The Labute approximate surface area is 94.8 Å². The monoisotopic (exact) mass is 294 g/mol. The number of aliphatic hydroxyl groups is 3. The average molecular weight is 294 g/mol. The number of rotatable bonds is 3. The summed E-state index contributed by atoms with van der Waals surface area (Å²) in [5, 5.41) is 23.9. The lowest BCUT2D eigenvalue weighted by molar-refractivity contribution is -0.0266. The first-order valence-electron chi connectivity index (χ1n) is 4.25. The van der Waals surface area contributed by atoms with E-state index in [1.165, 1.54) is 0 Å². The maximum atomic E-state index is 11.1. The van der Waals surface area contributed by atoms with E-state index >= 15 is 0 Å². The van der Waals surface area contributed by atoms with Crippen molar-refractivity contribution in [2.45, 2.75) is 23.4 Å². The molecule has 0 aromatic heterocycles. The van der Waals surface area contributed by atoms with Crippen molar-refractivity contribution >= 4 is 15.2 Å². The van der Waals surface area contributed by atoms with E-state index in [-0.39, 0.29) is 0 Å². The summed E-state index contributed by atoms with van der Waals surface area (Å²) in [6, 6.07) is 0. The summed E-state index contributed by atoms with van der Waals surface area (Å²) >= 11 is 0. The summed E-state index contributed by atoms with van der Waals surface area (Å²) in [6.45, 7) is -0.972. The normalized spacial score (nSPS) is 33.9. The molecule has 0 saturated carbocycles. The van der Waals surface area contributed by atoms with Crippen molar-refractivity contribution in [3.63, 3.8) is 0 Å². The Morgan fingerprint density at radius 3 is 1.65 bits per heavy atom. The van der Waals surface area contributed by atoms with Gasteiger partial charge in [0.15, 0.2) is 0 Å². The van der Waals surface area contributed by atoms with Gasteiger partial charge in [-0.15, -0.1) is 0 Å². The van der Waals surface area contributed by atoms with E-state index in [1.54, 1.807) is 0 Å². The maximum Gasteiger partial charge on any atom is 0.372 e. The number of hydrogen-bond acceptors (Lipinski definition) is 6. The van der Waals surface area contributed by atoms with Crippen molar-refractivity contribution in [3.05, 3.63) is 0 Å². The number of ether oxygens (including phenoxy) is 1. The molecule has 0 unspecified atom stereocenters. The first-order chi connectivity index (χ1) is 7.49. The smallest absolute Gasteiger partial charge is 0.372 e. The van der Waals surface area contributed by atoms with Crippen LogP contribution in [0.4, 0.5) is 0 Å². The third kappa shape index (κ3) is 2.11. The lowest BCUT2D eigenvalue weighted by atomic mass is 10.1. The summed E-state index contributed by atoms with van der Waals surface area (Å²) in [5.41, 5.74) is 0. The van der Waals surface area contributed by atoms with Gasteiger partial charge in [-0.05, 0) is 0 Å². The molecule has 102 valence electrons. The van der Waals surface area contributed by atoms with Gasteiger partial charge in [0, 0.05) is 0 Å². The standard InChI is InChI=1S/C5H12O10P2/c6-1-2-3(7)4(8)5(15-2,16(9,10)11)17(12,13)14/h2-4,6-8H,1H2,(H2,9,10,11)(H2,12,13,14)/t2-,3-,4-/m1/s1. The minimum Gasteiger partial charge on any atom is -0.394 e. The van der Waals surface area contributed by atoms with Crippen LogP contribution in [0.2, 0.25) is 0 Å². The largest absolute Gasteiger partial charge is 0.394 e. The second-order valence-electron chi connectivity index (χ2n) is 3.52. The topological polar surface area (TPSA) is 185 Å². The first-order valence-corrected chi connectivity index (χ1v) is 7.47. The summed E-state index contributed by atoms with van der Waals surface area (Å²) in [7, 11) is -11.2. The molecule has 1 fully saturated rings. The zero-order chi connectivity index (χ0) is 13.6. The van der Waals surface area contributed by atoms with E-state index in [0.717, 1.165) is 0 Å². The van der Waals surface area contributed by atoms with Crippen LogP contribution < -0.4 is 0 Å². The average Bonchev–Trinajstić information content (AvgIpc) is 2.39. The predicted octanol–water partition coefficient (Wildman–Crippen LogP) is -2.89. The Morgan fingerprint density at radius 1 is 1.06 bits per heavy atom. The Hall–Kier alpha value is 0.140. The van der Waals surface area contributed by atoms with E-state index in [4.69, 9.17) is 24.7 Å². The quantitative estimate of drug-likeness (QED) is 0.266. The van der Waals surface area contributed by atoms with Crippen LogP contribution in [0.15, 0.2) is 0 Å². The van der Waals surface area contributed by atoms with E-state index in [0.29, 0.717) is 0 Å². The SMILES string of the molecule is O=P(O)(O)C1(P(=O)(O)O)O[C@H](CO)[C@@H](O)[C@H]1O. The van der Waals surface area contributed by atoms with Crippen LogP contribution in [0.1, 0.15) is 0 Å². The highest BCUT2D eigenvalue weighted by Gasteiger charge is 2.73. The van der Waals surface area contributed by atoms with Gasteiger partial charge in [0.25, 0.3) is 5.08 Å². The fraction of sp³-hybridized carbons (Fsp3) is 1.00. The second kappa shape index (κ2) is 4.36. The van der Waals surface area contributed by atoms with Gasteiger partial charge in [-0.25, -0.2) is 0 Å². The van der Waals surface area contributed by atoms with Gasteiger partial charge in [-0.3, -0.25) is 9.13 Å². The first kappa shape index (κ1) is 15.2. The summed E-state index contributed by atoms with van der Waals surface area (Å²) in [5.74, 6) is 0. The van der Waals surface area contributed by atoms with Crippen molar-refractivity contribution in [1.82, 2.24) is 0 Å². The number of hydrogen-bond donors (Lipinski definition) is 7. The summed E-state index contributed by atoms with van der Waals surface area (Å²) in [4.78, 5) is 35.8. The number of aliphatic hydroxyl groups excluding tert-OH is 3. The van der Waals surface area contributed by atoms with Gasteiger partial charge in [0.1, 0.15) is 18.3 Å². The lowest BCUT2D eigenvalue weighted by Gasteiger charge is -2.32. The molecular formula is C5H12O10P2. The van der Waals surface area contributed by atoms with Crippen molar-refractivity contribution < 1.29 is 48.8 Å². The second-order valence-corrected chi connectivity index (χ2v) is 7.38. The molecule has 17 heavy (non-hydrogen) atoms. The molecule has 1 aliphatic rings. The van der Waals surface area contributed by atoms with E-state index in [9.17, 15) is 19.3 Å². The Morgan fingerprint density at radius 2 is 1.47 bits per heavy atom. The van der Waals surface area contributed by atoms with Crippen LogP contribution in [0.3, 0.4) is 0 Å². The Bertz CT molecular complexity index is 360. The molecule has 0 aromatic carbocycles. The molecule has 12 heteroatoms. The molecule has 1 aliphatic heterocycles. The molecule has 1 rings (SSSR count). The van der Waals surface area contributed by atoms with Gasteiger partial charge in [-0.1, -0.05) is 0 Å². The molecule has 7 N–H and O–H groups in total. The van der Waals surface area contributed by atoms with Crippen molar-refractivity contribution in [2.75, 3.05) is 6.61 Å². The fourth-order valence-electron chi connectivity index (χ4n) is 1.58. The molecule has 0 aliphatic carbocycles. The molecule has 0 bridgehead atoms. The molecule has 0 aromatic rings. The van der Waals surface area contributed by atoms with E-state index in [1.807, 2.05) is 0 Å². The van der Waals surface area contributed by atoms with Crippen LogP contribution in [-0.4, -0.2) is 64.9 Å². The summed E-state index contributed by atoms with van der Waals surface area (Å²) < 4.78 is 26.7. The zero-order valence-electron chi connectivity index (χ0n) is 8.19. The molecule has 0 amide bonds. The van der Waals surface area contributed by atoms with E-state index < -0.39 is 45.2 Å². The zero-order valence-corrected chi connectivity index (χ0v) is 9.98. The third-order valence-electron chi connectivity index (χ3n) is 2.43. The van der Waals surface area contributed by atoms with Gasteiger partial charge < -0.3 is 39.6 Å². The molecule has 1 heterocycles. The molecule has 0 spiro atoms. The van der Waals surface area contributed by atoms with Crippen molar-refractivity contribution in [1.29, 1.82) is 0 Å². The highest BCUT2D eigenvalue weighted by Crippen LogP contribution is 2.73. The Kier molecular flexibility index (Phi) is 3.90. The third-order valence-corrected chi connectivity index (χ3v) is 6.40. The van der Waals surface area contributed by atoms with Crippen molar-refractivity contribution in [3.8, 4) is 0 Å². The van der Waals surface area contributed by atoms with Crippen LogP contribution >= 0.6 is 15.2 Å². The Balaban J connectivity index is 3.39. The van der Waals surface area contributed by atoms with Crippen molar-refractivity contribution in [2.24, 2.45) is 0 Å². The van der Waals surface area contributed by atoms with Crippen LogP contribution in [-0.2, 0) is 13.9 Å². The fourth-order valence-corrected chi connectivity index (χ4v) is 4.48. The molecule has 3 atom stereocenters. The predicted molar refractivity (Wildman–Crippen MR) is 50.8 cm³/mol. The maximum absolute atomic E-state index is 11.1. The summed E-state index contributed by atoms with van der Waals surface area (Å²) in [6.07, 6.45) is -6.26. The minimum absolute atomic E-state index is 0.972. The van der Waals surface area contributed by atoms with Gasteiger partial charge in [0.2, 0.25) is 0 Å². The van der Waals surface area contributed by atoms with Gasteiger partial charge in [-0.2, -0.15) is 0 Å². The minimum atomic E-state index is -5.62. The molecule has 0 radical (unpaired) electrons. The van der Waals surface area contributed by atoms with Crippen LogP contribution in [0, 0.1) is 0 Å². The molecular weight excluding hydrogens is 282 g/mol. The highest BCUT2D eigenvalue weighted by atomic mass is 31.2. The van der Waals surface area contributed by atoms with Gasteiger partial charge >= 0.3 is 15.2 Å². The van der Waals surface area contributed by atoms with Gasteiger partial charge in [0.05, 0.1) is 6.61 Å². The van der Waals surface area contributed by atoms with Crippen LogP contribution in [0.25, 0.3) is 0 Å². The lowest BCUT2D eigenvalue weighted by Crippen LogP contribution is -2.42. The molecule has 10 nitrogen and oxygen atoms in total. The highest BCUT2D eigenvalue weighted by molar-refractivity contribution is 7.72. The molecule has 1 saturated heterocycles. The van der Waals surface area contributed by atoms with Crippen LogP contribution in [0.5, 0.6) is 0 Å². The van der Waals surface area contributed by atoms with E-state index in [2.05, 4.69) is 4.74 Å².